The lowest BCUT2D eigenvalue weighted by Crippen LogP contribution is -2.05. The summed E-state index contributed by atoms with van der Waals surface area (Å²) in [7, 11) is 0. The molecule has 0 saturated heterocycles. The summed E-state index contributed by atoms with van der Waals surface area (Å²) in [5.74, 6) is 0.946. The highest BCUT2D eigenvalue weighted by atomic mass is 127. The fourth-order valence-corrected chi connectivity index (χ4v) is 2.96. The van der Waals surface area contributed by atoms with E-state index in [1.165, 1.54) is 5.56 Å². The van der Waals surface area contributed by atoms with Gasteiger partial charge in [-0.15, -0.1) is 10.2 Å². The maximum absolute atomic E-state index is 4.51. The fourth-order valence-electron chi connectivity index (χ4n) is 2.57. The van der Waals surface area contributed by atoms with E-state index < -0.39 is 0 Å². The summed E-state index contributed by atoms with van der Waals surface area (Å²) in [5.41, 5.74) is 2.94. The second kappa shape index (κ2) is 5.28. The maximum atomic E-state index is 4.51. The lowest BCUT2D eigenvalue weighted by molar-refractivity contribution is 0.745. The van der Waals surface area contributed by atoms with Crippen molar-refractivity contribution in [3.05, 3.63) is 63.7 Å². The van der Waals surface area contributed by atoms with Gasteiger partial charge in [-0.25, -0.2) is 0 Å². The predicted octanol–water partition coefficient (Wildman–Crippen LogP) is 3.43. The molecule has 0 N–H and O–H groups in total. The van der Waals surface area contributed by atoms with Crippen LogP contribution in [0, 0.1) is 3.70 Å². The summed E-state index contributed by atoms with van der Waals surface area (Å²) in [5, 5.41) is 14.2. The van der Waals surface area contributed by atoms with Crippen LogP contribution in [0.4, 0.5) is 0 Å². The molecule has 0 radical (unpaired) electrons. The third-order valence-corrected chi connectivity index (χ3v) is 4.34. The minimum atomic E-state index is 0.102. The number of hydrogen-bond donors (Lipinski definition) is 0. The number of benzene rings is 1. The Hall–Kier alpha value is -2.09. The van der Waals surface area contributed by atoms with E-state index in [-0.39, 0.29) is 5.92 Å². The Kier molecular flexibility index (Phi) is 3.25. The smallest absolute Gasteiger partial charge is 0.177 e. The van der Waals surface area contributed by atoms with E-state index in [1.807, 2.05) is 35.0 Å². The zero-order valence-electron chi connectivity index (χ0n) is 11.8. The molecule has 0 aliphatic rings. The number of rotatable bonds is 2. The van der Waals surface area contributed by atoms with Crippen LogP contribution < -0.4 is 0 Å². The zero-order chi connectivity index (χ0) is 15.1. The van der Waals surface area contributed by atoms with Crippen molar-refractivity contribution < 1.29 is 0 Å². The van der Waals surface area contributed by atoms with Gasteiger partial charge >= 0.3 is 0 Å². The zero-order valence-corrected chi connectivity index (χ0v) is 14.0. The van der Waals surface area contributed by atoms with E-state index in [0.29, 0.717) is 0 Å². The minimum Gasteiger partial charge on any atom is -0.256 e. The molecule has 0 fully saturated rings. The third kappa shape index (κ3) is 2.23. The Labute approximate surface area is 140 Å². The highest BCUT2D eigenvalue weighted by Gasteiger charge is 2.17. The van der Waals surface area contributed by atoms with Crippen LogP contribution in [-0.4, -0.2) is 24.8 Å². The van der Waals surface area contributed by atoms with Crippen molar-refractivity contribution in [3.8, 4) is 0 Å². The van der Waals surface area contributed by atoms with E-state index in [2.05, 4.69) is 68.0 Å². The van der Waals surface area contributed by atoms with Gasteiger partial charge in [0, 0.05) is 17.5 Å². The van der Waals surface area contributed by atoms with Gasteiger partial charge in [0.05, 0.1) is 5.52 Å². The highest BCUT2D eigenvalue weighted by molar-refractivity contribution is 14.1. The van der Waals surface area contributed by atoms with Crippen molar-refractivity contribution in [3.63, 3.8) is 0 Å². The Balaban J connectivity index is 1.84. The van der Waals surface area contributed by atoms with Crippen molar-refractivity contribution in [2.24, 2.45) is 0 Å². The SMILES string of the molecule is CC(c1ccc2ncccc2c1)c1nnc2ccc(I)nn12. The molecule has 4 aromatic rings. The quantitative estimate of drug-likeness (QED) is 0.483. The number of halogens is 1. The first kappa shape index (κ1) is 13.6. The number of nitrogens with zero attached hydrogens (tertiary/aromatic N) is 5. The van der Waals surface area contributed by atoms with Crippen molar-refractivity contribution in [2.75, 3.05) is 0 Å². The molecular weight excluding hydrogens is 389 g/mol. The van der Waals surface area contributed by atoms with E-state index >= 15 is 0 Å². The monoisotopic (exact) mass is 401 g/mol. The number of fused-ring (bicyclic) bond motifs is 2. The van der Waals surface area contributed by atoms with Gasteiger partial charge in [0.2, 0.25) is 0 Å². The molecule has 0 spiro atoms. The normalized spacial score (nSPS) is 12.8. The first-order valence-electron chi connectivity index (χ1n) is 6.95. The van der Waals surface area contributed by atoms with E-state index in [9.17, 15) is 0 Å². The molecule has 5 nitrogen and oxygen atoms in total. The van der Waals surface area contributed by atoms with E-state index in [0.717, 1.165) is 26.1 Å². The van der Waals surface area contributed by atoms with Gasteiger partial charge in [-0.3, -0.25) is 4.98 Å². The van der Waals surface area contributed by atoms with Gasteiger partial charge in [0.1, 0.15) is 3.70 Å². The van der Waals surface area contributed by atoms with Crippen molar-refractivity contribution in [1.82, 2.24) is 24.8 Å². The molecule has 1 aromatic carbocycles. The van der Waals surface area contributed by atoms with Crippen LogP contribution in [0.15, 0.2) is 48.7 Å². The molecule has 0 saturated carbocycles. The first-order valence-corrected chi connectivity index (χ1v) is 8.03. The van der Waals surface area contributed by atoms with Crippen LogP contribution in [0.3, 0.4) is 0 Å². The average molecular weight is 401 g/mol. The summed E-state index contributed by atoms with van der Waals surface area (Å²) >= 11 is 2.20. The summed E-state index contributed by atoms with van der Waals surface area (Å²) in [6.45, 7) is 2.12. The number of pyridine rings is 1. The molecule has 1 unspecified atom stereocenters. The molecule has 22 heavy (non-hydrogen) atoms. The molecule has 4 rings (SSSR count). The Morgan fingerprint density at radius 2 is 2.00 bits per heavy atom. The molecule has 3 heterocycles. The molecule has 1 atom stereocenters. The van der Waals surface area contributed by atoms with Crippen LogP contribution in [0.2, 0.25) is 0 Å². The third-order valence-electron chi connectivity index (χ3n) is 3.77. The number of hydrogen-bond acceptors (Lipinski definition) is 4. The summed E-state index contributed by atoms with van der Waals surface area (Å²) in [6.07, 6.45) is 1.81. The van der Waals surface area contributed by atoms with Crippen LogP contribution in [0.5, 0.6) is 0 Å². The summed E-state index contributed by atoms with van der Waals surface area (Å²) < 4.78 is 2.74. The van der Waals surface area contributed by atoms with Gasteiger partial charge in [-0.2, -0.15) is 9.61 Å². The van der Waals surface area contributed by atoms with Gasteiger partial charge < -0.3 is 0 Å². The van der Waals surface area contributed by atoms with Crippen LogP contribution >= 0.6 is 22.6 Å². The molecule has 0 aliphatic carbocycles. The standard InChI is InChI=1S/C16H12IN5/c1-10(11-4-5-13-12(9-11)3-2-8-18-13)16-20-19-15-7-6-14(17)21-22(15)16/h2-10H,1H3. The second-order valence-electron chi connectivity index (χ2n) is 5.16. The predicted molar refractivity (Wildman–Crippen MR) is 92.8 cm³/mol. The topological polar surface area (TPSA) is 56.0 Å². The van der Waals surface area contributed by atoms with Crippen molar-refractivity contribution in [1.29, 1.82) is 0 Å². The molecular formula is C16H12IN5. The van der Waals surface area contributed by atoms with Crippen LogP contribution in [0.25, 0.3) is 16.6 Å². The molecule has 3 aromatic heterocycles. The van der Waals surface area contributed by atoms with Gasteiger partial charge in [-0.05, 0) is 58.5 Å². The number of aromatic nitrogens is 5. The molecule has 0 bridgehead atoms. The molecule has 6 heteroatoms. The minimum absolute atomic E-state index is 0.102. The van der Waals surface area contributed by atoms with Crippen LogP contribution in [0.1, 0.15) is 24.2 Å². The largest absolute Gasteiger partial charge is 0.256 e. The van der Waals surface area contributed by atoms with E-state index in [4.69, 9.17) is 0 Å². The average Bonchev–Trinajstić information content (AvgIpc) is 2.96. The van der Waals surface area contributed by atoms with Gasteiger partial charge in [0.15, 0.2) is 11.5 Å². The van der Waals surface area contributed by atoms with Gasteiger partial charge in [-0.1, -0.05) is 19.1 Å². The maximum Gasteiger partial charge on any atom is 0.177 e. The molecule has 0 amide bonds. The summed E-state index contributed by atoms with van der Waals surface area (Å²) in [4.78, 5) is 4.36. The lowest BCUT2D eigenvalue weighted by Gasteiger charge is -2.10. The summed E-state index contributed by atoms with van der Waals surface area (Å²) in [6, 6.07) is 14.2. The second-order valence-corrected chi connectivity index (χ2v) is 6.27. The molecule has 108 valence electrons. The van der Waals surface area contributed by atoms with Crippen molar-refractivity contribution >= 4 is 39.1 Å². The Morgan fingerprint density at radius 3 is 2.91 bits per heavy atom. The highest BCUT2D eigenvalue weighted by Crippen LogP contribution is 2.25. The van der Waals surface area contributed by atoms with Gasteiger partial charge in [0.25, 0.3) is 0 Å². The fraction of sp³-hybridized carbons (Fsp3) is 0.125. The molecule has 0 aliphatic heterocycles. The first-order chi connectivity index (χ1) is 10.7. The van der Waals surface area contributed by atoms with Crippen molar-refractivity contribution in [2.45, 2.75) is 12.8 Å². The Bertz CT molecular complexity index is 979. The van der Waals surface area contributed by atoms with E-state index in [1.54, 1.807) is 0 Å². The van der Waals surface area contributed by atoms with Crippen LogP contribution in [-0.2, 0) is 0 Å². The Morgan fingerprint density at radius 1 is 1.09 bits per heavy atom. The lowest BCUT2D eigenvalue weighted by atomic mass is 9.98.